The van der Waals surface area contributed by atoms with Crippen molar-refractivity contribution >= 4 is 23.2 Å². The number of anilines is 2. The van der Waals surface area contributed by atoms with E-state index in [9.17, 15) is 9.59 Å². The predicted octanol–water partition coefficient (Wildman–Crippen LogP) is 5.68. The molecule has 4 heteroatoms. The van der Waals surface area contributed by atoms with Crippen molar-refractivity contribution in [3.63, 3.8) is 0 Å². The fourth-order valence-corrected chi connectivity index (χ4v) is 3.62. The van der Waals surface area contributed by atoms with Gasteiger partial charge in [-0.15, -0.1) is 0 Å². The van der Waals surface area contributed by atoms with Crippen molar-refractivity contribution in [1.29, 1.82) is 0 Å². The molecule has 2 aromatic rings. The molecule has 0 fully saturated rings. The molecule has 0 bridgehead atoms. The van der Waals surface area contributed by atoms with Crippen molar-refractivity contribution in [3.8, 4) is 0 Å². The SMILES string of the molecule is CCc1cccc(CC)c1NC(=O)CCCC(=O)Nc1c(CC)cccc1CC. The Morgan fingerprint density at radius 3 is 1.21 bits per heavy atom. The molecule has 0 aromatic heterocycles. The van der Waals surface area contributed by atoms with E-state index in [0.717, 1.165) is 59.3 Å². The Morgan fingerprint density at radius 2 is 0.931 bits per heavy atom. The van der Waals surface area contributed by atoms with Gasteiger partial charge in [0.15, 0.2) is 0 Å². The quantitative estimate of drug-likeness (QED) is 0.544. The van der Waals surface area contributed by atoms with Crippen LogP contribution in [0.5, 0.6) is 0 Å². The second-order valence-corrected chi connectivity index (χ2v) is 7.27. The number of hydrogen-bond donors (Lipinski definition) is 2. The van der Waals surface area contributed by atoms with E-state index >= 15 is 0 Å². The maximum atomic E-state index is 12.4. The van der Waals surface area contributed by atoms with E-state index in [1.165, 1.54) is 0 Å². The molecule has 2 amide bonds. The van der Waals surface area contributed by atoms with E-state index in [0.29, 0.717) is 19.3 Å². The minimum absolute atomic E-state index is 0.0309. The number of hydrogen-bond acceptors (Lipinski definition) is 2. The van der Waals surface area contributed by atoms with Gasteiger partial charge in [0.25, 0.3) is 0 Å². The van der Waals surface area contributed by atoms with Crippen LogP contribution < -0.4 is 10.6 Å². The number of amides is 2. The molecule has 2 N–H and O–H groups in total. The molecule has 0 aliphatic heterocycles. The fourth-order valence-electron chi connectivity index (χ4n) is 3.62. The number of nitrogens with one attached hydrogen (secondary N) is 2. The first kappa shape index (κ1) is 22.7. The summed E-state index contributed by atoms with van der Waals surface area (Å²) in [6, 6.07) is 12.3. The summed E-state index contributed by atoms with van der Waals surface area (Å²) in [5.41, 5.74) is 6.49. The van der Waals surface area contributed by atoms with Crippen LogP contribution in [0.15, 0.2) is 36.4 Å². The molecule has 0 saturated heterocycles. The van der Waals surface area contributed by atoms with Crippen molar-refractivity contribution in [3.05, 3.63) is 58.7 Å². The lowest BCUT2D eigenvalue weighted by molar-refractivity contribution is -0.117. The Morgan fingerprint density at radius 1 is 0.621 bits per heavy atom. The van der Waals surface area contributed by atoms with Crippen LogP contribution in [0.25, 0.3) is 0 Å². The van der Waals surface area contributed by atoms with E-state index in [4.69, 9.17) is 0 Å². The zero-order chi connectivity index (χ0) is 21.2. The first-order chi connectivity index (χ1) is 14.0. The summed E-state index contributed by atoms with van der Waals surface area (Å²) in [6.45, 7) is 8.36. The summed E-state index contributed by atoms with van der Waals surface area (Å²) in [4.78, 5) is 24.9. The van der Waals surface area contributed by atoms with Crippen molar-refractivity contribution in [2.24, 2.45) is 0 Å². The summed E-state index contributed by atoms with van der Waals surface area (Å²) in [5, 5.41) is 6.14. The highest BCUT2D eigenvalue weighted by molar-refractivity contribution is 5.94. The molecule has 0 radical (unpaired) electrons. The molecule has 2 aromatic carbocycles. The molecule has 0 spiro atoms. The summed E-state index contributed by atoms with van der Waals surface area (Å²) in [5.74, 6) is -0.0618. The van der Waals surface area contributed by atoms with Gasteiger partial charge in [-0.1, -0.05) is 64.1 Å². The Hall–Kier alpha value is -2.62. The van der Waals surface area contributed by atoms with Gasteiger partial charge in [0, 0.05) is 24.2 Å². The monoisotopic (exact) mass is 394 g/mol. The number of carbonyl (C=O) groups excluding carboxylic acids is 2. The van der Waals surface area contributed by atoms with Gasteiger partial charge < -0.3 is 10.6 Å². The number of benzene rings is 2. The first-order valence-corrected chi connectivity index (χ1v) is 10.8. The molecule has 156 valence electrons. The minimum atomic E-state index is -0.0309. The van der Waals surface area contributed by atoms with Crippen molar-refractivity contribution in [1.82, 2.24) is 0 Å². The summed E-state index contributed by atoms with van der Waals surface area (Å²) in [6.07, 6.45) is 4.72. The molecule has 0 aliphatic rings. The Labute approximate surface area is 175 Å². The van der Waals surface area contributed by atoms with Crippen LogP contribution in [0, 0.1) is 0 Å². The highest BCUT2D eigenvalue weighted by Crippen LogP contribution is 2.24. The largest absolute Gasteiger partial charge is 0.326 e. The third-order valence-electron chi connectivity index (χ3n) is 5.33. The topological polar surface area (TPSA) is 58.2 Å². The standard InChI is InChI=1S/C25H34N2O2/c1-5-18-12-9-13-19(6-2)24(18)26-22(28)16-11-17-23(29)27-25-20(7-3)14-10-15-21(25)8-4/h9-10,12-15H,5-8,11,16-17H2,1-4H3,(H,26,28)(H,27,29). The molecule has 0 unspecified atom stereocenters. The molecule has 0 saturated carbocycles. The normalized spacial score (nSPS) is 10.6. The van der Waals surface area contributed by atoms with Gasteiger partial charge in [0.05, 0.1) is 0 Å². The molecular formula is C25H34N2O2. The fraction of sp³-hybridized carbons (Fsp3) is 0.440. The highest BCUT2D eigenvalue weighted by Gasteiger charge is 2.13. The Bertz CT molecular complexity index is 729. The zero-order valence-electron chi connectivity index (χ0n) is 18.2. The predicted molar refractivity (Wildman–Crippen MR) is 122 cm³/mol. The van der Waals surface area contributed by atoms with Crippen molar-refractivity contribution < 1.29 is 9.59 Å². The van der Waals surface area contributed by atoms with Gasteiger partial charge in [-0.05, 0) is 54.4 Å². The average molecular weight is 395 g/mol. The number of carbonyl (C=O) groups is 2. The maximum Gasteiger partial charge on any atom is 0.224 e. The van der Waals surface area contributed by atoms with Crippen molar-refractivity contribution in [2.75, 3.05) is 10.6 Å². The van der Waals surface area contributed by atoms with Gasteiger partial charge in [-0.2, -0.15) is 0 Å². The highest BCUT2D eigenvalue weighted by atomic mass is 16.2. The van der Waals surface area contributed by atoms with Crippen LogP contribution in [0.2, 0.25) is 0 Å². The van der Waals surface area contributed by atoms with Crippen LogP contribution in [0.3, 0.4) is 0 Å². The van der Waals surface area contributed by atoms with Gasteiger partial charge >= 0.3 is 0 Å². The van der Waals surface area contributed by atoms with E-state index in [2.05, 4.69) is 62.6 Å². The van der Waals surface area contributed by atoms with E-state index < -0.39 is 0 Å². The third-order valence-corrected chi connectivity index (χ3v) is 5.33. The Kier molecular flexibility index (Phi) is 8.91. The lowest BCUT2D eigenvalue weighted by Gasteiger charge is -2.15. The van der Waals surface area contributed by atoms with Gasteiger partial charge in [0.1, 0.15) is 0 Å². The molecule has 29 heavy (non-hydrogen) atoms. The van der Waals surface area contributed by atoms with E-state index in [1.807, 2.05) is 12.1 Å². The summed E-state index contributed by atoms with van der Waals surface area (Å²) in [7, 11) is 0. The second kappa shape index (κ2) is 11.4. The average Bonchev–Trinajstić information content (AvgIpc) is 2.73. The molecule has 0 heterocycles. The van der Waals surface area contributed by atoms with Gasteiger partial charge in [0.2, 0.25) is 11.8 Å². The lowest BCUT2D eigenvalue weighted by atomic mass is 10.0. The molecular weight excluding hydrogens is 360 g/mol. The molecule has 0 atom stereocenters. The van der Waals surface area contributed by atoms with E-state index in [-0.39, 0.29) is 11.8 Å². The van der Waals surface area contributed by atoms with Crippen LogP contribution in [0.4, 0.5) is 11.4 Å². The van der Waals surface area contributed by atoms with Gasteiger partial charge in [-0.25, -0.2) is 0 Å². The van der Waals surface area contributed by atoms with Gasteiger partial charge in [-0.3, -0.25) is 9.59 Å². The first-order valence-electron chi connectivity index (χ1n) is 10.8. The van der Waals surface area contributed by atoms with Crippen LogP contribution >= 0.6 is 0 Å². The minimum Gasteiger partial charge on any atom is -0.326 e. The van der Waals surface area contributed by atoms with Crippen LogP contribution in [-0.2, 0) is 35.3 Å². The van der Waals surface area contributed by atoms with Crippen molar-refractivity contribution in [2.45, 2.75) is 72.6 Å². The third kappa shape index (κ3) is 6.18. The smallest absolute Gasteiger partial charge is 0.224 e. The molecule has 4 nitrogen and oxygen atoms in total. The molecule has 0 aliphatic carbocycles. The Balaban J connectivity index is 1.91. The number of aryl methyl sites for hydroxylation is 4. The lowest BCUT2D eigenvalue weighted by Crippen LogP contribution is -2.17. The van der Waals surface area contributed by atoms with Crippen LogP contribution in [-0.4, -0.2) is 11.8 Å². The van der Waals surface area contributed by atoms with E-state index in [1.54, 1.807) is 0 Å². The second-order valence-electron chi connectivity index (χ2n) is 7.27. The zero-order valence-corrected chi connectivity index (χ0v) is 18.2. The summed E-state index contributed by atoms with van der Waals surface area (Å²) >= 11 is 0. The summed E-state index contributed by atoms with van der Waals surface area (Å²) < 4.78 is 0. The molecule has 2 rings (SSSR count). The van der Waals surface area contributed by atoms with Crippen LogP contribution in [0.1, 0.15) is 69.2 Å². The maximum absolute atomic E-state index is 12.4. The number of rotatable bonds is 10. The number of para-hydroxylation sites is 2.